The molecule has 2 aromatic rings. The number of hydrogen-bond donors (Lipinski definition) is 2. The number of nitrogen functional groups attached to an aromatic ring is 1. The summed E-state index contributed by atoms with van der Waals surface area (Å²) in [7, 11) is 0. The molecule has 0 aliphatic heterocycles. The van der Waals surface area contributed by atoms with Crippen LogP contribution in [0.3, 0.4) is 0 Å². The third-order valence-corrected chi connectivity index (χ3v) is 2.59. The van der Waals surface area contributed by atoms with Gasteiger partial charge in [0.25, 0.3) is 0 Å². The Morgan fingerprint density at radius 1 is 1.29 bits per heavy atom. The van der Waals surface area contributed by atoms with Gasteiger partial charge in [-0.1, -0.05) is 12.1 Å². The molecule has 0 saturated heterocycles. The molecule has 1 heterocycles. The average Bonchev–Trinajstić information content (AvgIpc) is 2.35. The van der Waals surface area contributed by atoms with Gasteiger partial charge in [0, 0.05) is 12.4 Å². The van der Waals surface area contributed by atoms with Crippen LogP contribution < -0.4 is 11.1 Å². The fourth-order valence-corrected chi connectivity index (χ4v) is 1.63. The third-order valence-electron chi connectivity index (χ3n) is 2.59. The van der Waals surface area contributed by atoms with E-state index >= 15 is 0 Å². The molecule has 0 amide bonds. The number of nitrogens with two attached hydrogens (primary N) is 1. The minimum absolute atomic E-state index is 0.0529. The maximum atomic E-state index is 13.6. The molecule has 0 radical (unpaired) electrons. The fourth-order valence-electron chi connectivity index (χ4n) is 1.63. The molecule has 0 fully saturated rings. The Hall–Kier alpha value is -2.10. The molecule has 17 heavy (non-hydrogen) atoms. The molecule has 1 unspecified atom stereocenters. The van der Waals surface area contributed by atoms with Gasteiger partial charge in [0.2, 0.25) is 0 Å². The summed E-state index contributed by atoms with van der Waals surface area (Å²) < 4.78 is 13.6. The molecule has 2 rings (SSSR count). The summed E-state index contributed by atoms with van der Waals surface area (Å²) in [6, 6.07) is 8.36. The zero-order valence-corrected chi connectivity index (χ0v) is 9.52. The van der Waals surface area contributed by atoms with E-state index in [1.165, 1.54) is 6.07 Å². The highest BCUT2D eigenvalue weighted by Crippen LogP contribution is 2.26. The lowest BCUT2D eigenvalue weighted by Gasteiger charge is -2.17. The zero-order chi connectivity index (χ0) is 12.3. The fraction of sp³-hybridized carbons (Fsp3) is 0.154. The van der Waals surface area contributed by atoms with E-state index < -0.39 is 0 Å². The van der Waals surface area contributed by atoms with Crippen molar-refractivity contribution in [2.45, 2.75) is 13.0 Å². The van der Waals surface area contributed by atoms with Crippen LogP contribution in [0.1, 0.15) is 18.5 Å². The molecule has 0 saturated carbocycles. The highest BCUT2D eigenvalue weighted by Gasteiger charge is 2.10. The highest BCUT2D eigenvalue weighted by molar-refractivity contribution is 5.67. The van der Waals surface area contributed by atoms with Gasteiger partial charge in [-0.3, -0.25) is 4.98 Å². The molecule has 0 aliphatic rings. The van der Waals surface area contributed by atoms with Crippen LogP contribution in [0.2, 0.25) is 0 Å². The van der Waals surface area contributed by atoms with Crippen molar-refractivity contribution in [1.82, 2.24) is 4.98 Å². The summed E-state index contributed by atoms with van der Waals surface area (Å²) >= 11 is 0. The van der Waals surface area contributed by atoms with Crippen molar-refractivity contribution < 1.29 is 4.39 Å². The Bertz CT molecular complexity index is 479. The second kappa shape index (κ2) is 4.82. The minimum atomic E-state index is -0.347. The van der Waals surface area contributed by atoms with E-state index in [-0.39, 0.29) is 11.9 Å². The Morgan fingerprint density at radius 3 is 2.76 bits per heavy atom. The molecule has 1 aromatic heterocycles. The van der Waals surface area contributed by atoms with E-state index in [2.05, 4.69) is 10.3 Å². The molecule has 0 spiro atoms. The summed E-state index contributed by atoms with van der Waals surface area (Å²) in [5, 5.41) is 3.05. The van der Waals surface area contributed by atoms with Crippen LogP contribution in [0.5, 0.6) is 0 Å². The predicted molar refractivity (Wildman–Crippen MR) is 67.1 cm³/mol. The van der Waals surface area contributed by atoms with Gasteiger partial charge in [-0.2, -0.15) is 0 Å². The van der Waals surface area contributed by atoms with Gasteiger partial charge in [0.1, 0.15) is 5.82 Å². The van der Waals surface area contributed by atoms with Crippen molar-refractivity contribution in [1.29, 1.82) is 0 Å². The number of aromatic nitrogens is 1. The lowest BCUT2D eigenvalue weighted by atomic mass is 10.1. The molecule has 0 bridgehead atoms. The minimum Gasteiger partial charge on any atom is -0.397 e. The molecule has 3 N–H and O–H groups in total. The first-order chi connectivity index (χ1) is 8.18. The standard InChI is InChI=1S/C13H14FN3/c1-9(10-4-3-7-16-8-10)17-13-11(14)5-2-6-12(13)15/h2-9,17H,15H2,1H3. The number of rotatable bonds is 3. The monoisotopic (exact) mass is 231 g/mol. The van der Waals surface area contributed by atoms with Gasteiger partial charge in [0.15, 0.2) is 0 Å². The first-order valence-corrected chi connectivity index (χ1v) is 5.39. The second-order valence-corrected chi connectivity index (χ2v) is 3.86. The number of anilines is 2. The molecule has 3 nitrogen and oxygen atoms in total. The topological polar surface area (TPSA) is 50.9 Å². The smallest absolute Gasteiger partial charge is 0.148 e. The molecule has 1 aromatic carbocycles. The number of halogens is 1. The number of benzene rings is 1. The Balaban J connectivity index is 2.22. The maximum absolute atomic E-state index is 13.6. The SMILES string of the molecule is CC(Nc1c(N)cccc1F)c1cccnc1. The first kappa shape index (κ1) is 11.4. The molecule has 1 atom stereocenters. The molecular formula is C13H14FN3. The number of nitrogens with zero attached hydrogens (tertiary/aromatic N) is 1. The largest absolute Gasteiger partial charge is 0.397 e. The predicted octanol–water partition coefficient (Wildman–Crippen LogP) is 2.98. The molecule has 0 aliphatic carbocycles. The number of pyridine rings is 1. The van der Waals surface area contributed by atoms with Gasteiger partial charge in [-0.25, -0.2) is 4.39 Å². The van der Waals surface area contributed by atoms with Crippen molar-refractivity contribution in [3.05, 3.63) is 54.1 Å². The van der Waals surface area contributed by atoms with E-state index in [1.54, 1.807) is 24.5 Å². The summed E-state index contributed by atoms with van der Waals surface area (Å²) in [5.74, 6) is -0.347. The number of hydrogen-bond acceptors (Lipinski definition) is 3. The van der Waals surface area contributed by atoms with Crippen LogP contribution in [-0.4, -0.2) is 4.98 Å². The normalized spacial score (nSPS) is 12.1. The van der Waals surface area contributed by atoms with E-state index in [9.17, 15) is 4.39 Å². The van der Waals surface area contributed by atoms with Gasteiger partial charge >= 0.3 is 0 Å². The second-order valence-electron chi connectivity index (χ2n) is 3.86. The molecular weight excluding hydrogens is 217 g/mol. The maximum Gasteiger partial charge on any atom is 0.148 e. The zero-order valence-electron chi connectivity index (χ0n) is 9.52. The lowest BCUT2D eigenvalue weighted by molar-refractivity contribution is 0.628. The molecule has 88 valence electrons. The Labute approximate surface area is 99.5 Å². The van der Waals surface area contributed by atoms with E-state index in [1.807, 2.05) is 19.1 Å². The first-order valence-electron chi connectivity index (χ1n) is 5.39. The van der Waals surface area contributed by atoms with Crippen LogP contribution >= 0.6 is 0 Å². The van der Waals surface area contributed by atoms with Gasteiger partial charge in [-0.05, 0) is 30.7 Å². The third kappa shape index (κ3) is 2.53. The van der Waals surface area contributed by atoms with E-state index in [4.69, 9.17) is 5.73 Å². The van der Waals surface area contributed by atoms with E-state index in [0.29, 0.717) is 11.4 Å². The Kier molecular flexibility index (Phi) is 3.23. The van der Waals surface area contributed by atoms with Crippen LogP contribution in [0, 0.1) is 5.82 Å². The number of nitrogens with one attached hydrogen (secondary N) is 1. The van der Waals surface area contributed by atoms with Crippen molar-refractivity contribution >= 4 is 11.4 Å². The van der Waals surface area contributed by atoms with Crippen LogP contribution in [-0.2, 0) is 0 Å². The van der Waals surface area contributed by atoms with E-state index in [0.717, 1.165) is 5.56 Å². The summed E-state index contributed by atoms with van der Waals surface area (Å²) in [6.45, 7) is 1.93. The van der Waals surface area contributed by atoms with Crippen molar-refractivity contribution in [2.24, 2.45) is 0 Å². The average molecular weight is 231 g/mol. The van der Waals surface area contributed by atoms with Gasteiger partial charge in [-0.15, -0.1) is 0 Å². The summed E-state index contributed by atoms with van der Waals surface area (Å²) in [4.78, 5) is 4.03. The van der Waals surface area contributed by atoms with Crippen molar-refractivity contribution in [2.75, 3.05) is 11.1 Å². The summed E-state index contributed by atoms with van der Waals surface area (Å²) in [6.07, 6.45) is 3.45. The van der Waals surface area contributed by atoms with Gasteiger partial charge < -0.3 is 11.1 Å². The van der Waals surface area contributed by atoms with Crippen LogP contribution in [0.25, 0.3) is 0 Å². The highest BCUT2D eigenvalue weighted by atomic mass is 19.1. The van der Waals surface area contributed by atoms with Gasteiger partial charge in [0.05, 0.1) is 17.4 Å². The summed E-state index contributed by atoms with van der Waals surface area (Å²) in [5.41, 5.74) is 7.45. The van der Waals surface area contributed by atoms with Crippen LogP contribution in [0.15, 0.2) is 42.7 Å². The molecule has 4 heteroatoms. The lowest BCUT2D eigenvalue weighted by Crippen LogP contribution is -2.10. The quantitative estimate of drug-likeness (QED) is 0.798. The van der Waals surface area contributed by atoms with Crippen molar-refractivity contribution in [3.63, 3.8) is 0 Å². The van der Waals surface area contributed by atoms with Crippen LogP contribution in [0.4, 0.5) is 15.8 Å². The Morgan fingerprint density at radius 2 is 2.12 bits per heavy atom. The number of para-hydroxylation sites is 1. The van der Waals surface area contributed by atoms with Crippen molar-refractivity contribution in [3.8, 4) is 0 Å².